The average Bonchev–Trinajstić information content (AvgIpc) is 3.32. The van der Waals surface area contributed by atoms with Crippen LogP contribution in [0.3, 0.4) is 0 Å². The number of piperazine rings is 1. The normalized spacial score (nSPS) is 13.9. The van der Waals surface area contributed by atoms with Crippen LogP contribution in [-0.4, -0.2) is 58.3 Å². The van der Waals surface area contributed by atoms with Crippen LogP contribution in [0.1, 0.15) is 0 Å². The van der Waals surface area contributed by atoms with Crippen molar-refractivity contribution >= 4 is 17.1 Å². The standard InChI is InChI=1S/C25H24FN5O3/c1-34-21-8-2-18(3-9-21)22-16-23-25(33)30(14-15-31(23)27-22)17-24(32)29-12-10-28(11-13-29)20-6-4-19(26)5-7-20/h2-9,14-16H,10-13,17H2,1H3. The van der Waals surface area contributed by atoms with Gasteiger partial charge in [0.15, 0.2) is 0 Å². The molecule has 8 nitrogen and oxygen atoms in total. The van der Waals surface area contributed by atoms with Crippen molar-refractivity contribution in [3.63, 3.8) is 0 Å². The number of hydrogen-bond donors (Lipinski definition) is 0. The fraction of sp³-hybridized carbons (Fsp3) is 0.240. The smallest absolute Gasteiger partial charge is 0.277 e. The summed E-state index contributed by atoms with van der Waals surface area (Å²) in [5.41, 5.74) is 2.60. The number of methoxy groups -OCH3 is 1. The van der Waals surface area contributed by atoms with Crippen molar-refractivity contribution in [3.8, 4) is 17.0 Å². The SMILES string of the molecule is COc1ccc(-c2cc3c(=O)n(CC(=O)N4CCN(c5ccc(F)cc5)CC4)ccn3n2)cc1. The second-order valence-electron chi connectivity index (χ2n) is 8.16. The number of anilines is 1. The summed E-state index contributed by atoms with van der Waals surface area (Å²) in [7, 11) is 1.61. The molecule has 174 valence electrons. The Labute approximate surface area is 195 Å². The second-order valence-corrected chi connectivity index (χ2v) is 8.16. The molecular formula is C25H24FN5O3. The Morgan fingerprint density at radius 1 is 1.00 bits per heavy atom. The predicted molar refractivity (Wildman–Crippen MR) is 127 cm³/mol. The number of rotatable bonds is 5. The lowest BCUT2D eigenvalue weighted by molar-refractivity contribution is -0.132. The van der Waals surface area contributed by atoms with Crippen LogP contribution in [0.5, 0.6) is 5.75 Å². The van der Waals surface area contributed by atoms with E-state index in [-0.39, 0.29) is 23.8 Å². The van der Waals surface area contributed by atoms with Gasteiger partial charge in [-0.25, -0.2) is 8.91 Å². The predicted octanol–water partition coefficient (Wildman–Crippen LogP) is 2.66. The van der Waals surface area contributed by atoms with Gasteiger partial charge < -0.3 is 19.1 Å². The first-order chi connectivity index (χ1) is 16.5. The van der Waals surface area contributed by atoms with Crippen LogP contribution in [0, 0.1) is 5.82 Å². The van der Waals surface area contributed by atoms with E-state index in [0.717, 1.165) is 17.0 Å². The Kier molecular flexibility index (Phi) is 5.75. The molecule has 9 heteroatoms. The van der Waals surface area contributed by atoms with Gasteiger partial charge in [-0.05, 0) is 54.6 Å². The third-order valence-electron chi connectivity index (χ3n) is 6.12. The molecule has 0 spiro atoms. The molecule has 0 bridgehead atoms. The maximum absolute atomic E-state index is 13.2. The maximum atomic E-state index is 13.2. The number of aromatic nitrogens is 3. The molecule has 3 heterocycles. The molecule has 2 aromatic carbocycles. The lowest BCUT2D eigenvalue weighted by Crippen LogP contribution is -2.50. The number of carbonyl (C=O) groups is 1. The third-order valence-corrected chi connectivity index (χ3v) is 6.12. The molecule has 0 radical (unpaired) electrons. The summed E-state index contributed by atoms with van der Waals surface area (Å²) >= 11 is 0. The summed E-state index contributed by atoms with van der Waals surface area (Å²) in [4.78, 5) is 29.8. The van der Waals surface area contributed by atoms with Gasteiger partial charge in [0, 0.05) is 49.8 Å². The molecule has 1 aliphatic rings. The van der Waals surface area contributed by atoms with Gasteiger partial charge in [-0.3, -0.25) is 9.59 Å². The zero-order valence-electron chi connectivity index (χ0n) is 18.7. The van der Waals surface area contributed by atoms with Crippen LogP contribution < -0.4 is 15.2 Å². The van der Waals surface area contributed by atoms with Crippen LogP contribution in [0.2, 0.25) is 0 Å². The molecule has 0 N–H and O–H groups in total. The highest BCUT2D eigenvalue weighted by atomic mass is 19.1. The Hall–Kier alpha value is -4.14. The van der Waals surface area contributed by atoms with Crippen molar-refractivity contribution < 1.29 is 13.9 Å². The molecule has 1 amide bonds. The highest BCUT2D eigenvalue weighted by Gasteiger charge is 2.22. The number of ether oxygens (including phenoxy) is 1. The van der Waals surface area contributed by atoms with Gasteiger partial charge in [0.2, 0.25) is 5.91 Å². The van der Waals surface area contributed by atoms with Crippen LogP contribution in [0.25, 0.3) is 16.8 Å². The fourth-order valence-corrected chi connectivity index (χ4v) is 4.17. The third kappa shape index (κ3) is 4.24. The number of hydrogen-bond acceptors (Lipinski definition) is 5. The van der Waals surface area contributed by atoms with E-state index in [1.165, 1.54) is 21.2 Å². The number of halogens is 1. The van der Waals surface area contributed by atoms with Crippen molar-refractivity contribution in [2.45, 2.75) is 6.54 Å². The van der Waals surface area contributed by atoms with Crippen molar-refractivity contribution in [1.29, 1.82) is 0 Å². The first-order valence-corrected chi connectivity index (χ1v) is 11.0. The monoisotopic (exact) mass is 461 g/mol. The Morgan fingerprint density at radius 3 is 2.38 bits per heavy atom. The summed E-state index contributed by atoms with van der Waals surface area (Å²) in [5.74, 6) is 0.362. The number of fused-ring (bicyclic) bond motifs is 1. The zero-order valence-corrected chi connectivity index (χ0v) is 18.7. The first-order valence-electron chi connectivity index (χ1n) is 11.0. The second kappa shape index (κ2) is 9.01. The maximum Gasteiger partial charge on any atom is 0.277 e. The van der Waals surface area contributed by atoms with Crippen LogP contribution >= 0.6 is 0 Å². The Morgan fingerprint density at radius 2 is 1.71 bits per heavy atom. The van der Waals surface area contributed by atoms with Gasteiger partial charge >= 0.3 is 0 Å². The minimum Gasteiger partial charge on any atom is -0.497 e. The van der Waals surface area contributed by atoms with E-state index < -0.39 is 0 Å². The largest absolute Gasteiger partial charge is 0.497 e. The lowest BCUT2D eigenvalue weighted by Gasteiger charge is -2.36. The number of nitrogens with zero attached hydrogens (tertiary/aromatic N) is 5. The molecule has 2 aromatic heterocycles. The molecular weight excluding hydrogens is 437 g/mol. The minimum atomic E-state index is -0.270. The van der Waals surface area contributed by atoms with Crippen LogP contribution in [0.4, 0.5) is 10.1 Å². The highest BCUT2D eigenvalue weighted by molar-refractivity contribution is 5.76. The van der Waals surface area contributed by atoms with Crippen molar-refractivity contribution in [2.75, 3.05) is 38.2 Å². The van der Waals surface area contributed by atoms with E-state index in [4.69, 9.17) is 4.74 Å². The summed E-state index contributed by atoms with van der Waals surface area (Å²) in [6.07, 6.45) is 3.27. The van der Waals surface area contributed by atoms with Crippen molar-refractivity contribution in [3.05, 3.63) is 83.2 Å². The highest BCUT2D eigenvalue weighted by Crippen LogP contribution is 2.22. The van der Waals surface area contributed by atoms with Gasteiger partial charge in [0.1, 0.15) is 23.6 Å². The topological polar surface area (TPSA) is 72.1 Å². The van der Waals surface area contributed by atoms with Gasteiger partial charge in [-0.1, -0.05) is 0 Å². The van der Waals surface area contributed by atoms with Gasteiger partial charge in [-0.2, -0.15) is 5.10 Å². The fourth-order valence-electron chi connectivity index (χ4n) is 4.17. The molecule has 1 aliphatic heterocycles. The molecule has 1 saturated heterocycles. The molecule has 0 atom stereocenters. The van der Waals surface area contributed by atoms with Crippen LogP contribution in [0.15, 0.2) is 71.8 Å². The van der Waals surface area contributed by atoms with Gasteiger partial charge in [0.25, 0.3) is 5.56 Å². The first kappa shape index (κ1) is 21.7. The van der Waals surface area contributed by atoms with Crippen LogP contribution in [-0.2, 0) is 11.3 Å². The summed E-state index contributed by atoms with van der Waals surface area (Å²) in [6.45, 7) is 2.36. The van der Waals surface area contributed by atoms with Crippen molar-refractivity contribution in [2.24, 2.45) is 0 Å². The molecule has 0 saturated carbocycles. The molecule has 0 unspecified atom stereocenters. The van der Waals surface area contributed by atoms with E-state index in [9.17, 15) is 14.0 Å². The lowest BCUT2D eigenvalue weighted by atomic mass is 10.1. The zero-order chi connectivity index (χ0) is 23.7. The molecule has 5 rings (SSSR count). The summed E-state index contributed by atoms with van der Waals surface area (Å²) < 4.78 is 21.3. The number of amides is 1. The Bertz CT molecular complexity index is 1370. The van der Waals surface area contributed by atoms with E-state index in [1.54, 1.807) is 42.6 Å². The molecule has 4 aromatic rings. The summed E-state index contributed by atoms with van der Waals surface area (Å²) in [6, 6.07) is 15.5. The number of carbonyl (C=O) groups excluding carboxylic acids is 1. The summed E-state index contributed by atoms with van der Waals surface area (Å²) in [5, 5.41) is 4.49. The average molecular weight is 461 g/mol. The van der Waals surface area contributed by atoms with E-state index in [1.807, 2.05) is 24.3 Å². The van der Waals surface area contributed by atoms with E-state index >= 15 is 0 Å². The quantitative estimate of drug-likeness (QED) is 0.457. The molecule has 0 aliphatic carbocycles. The number of benzene rings is 2. The van der Waals surface area contributed by atoms with E-state index in [2.05, 4.69) is 10.00 Å². The van der Waals surface area contributed by atoms with Gasteiger partial charge in [0.05, 0.1) is 12.8 Å². The molecule has 34 heavy (non-hydrogen) atoms. The minimum absolute atomic E-state index is 0.0328. The van der Waals surface area contributed by atoms with E-state index in [0.29, 0.717) is 37.4 Å². The molecule has 1 fully saturated rings. The van der Waals surface area contributed by atoms with Crippen molar-refractivity contribution in [1.82, 2.24) is 19.1 Å². The van der Waals surface area contributed by atoms with Gasteiger partial charge in [-0.15, -0.1) is 0 Å². The Balaban J connectivity index is 1.28.